The van der Waals surface area contributed by atoms with E-state index in [2.05, 4.69) is 17.2 Å². The third kappa shape index (κ3) is 6.22. The molecule has 1 unspecified atom stereocenters. The molecule has 0 bridgehead atoms. The summed E-state index contributed by atoms with van der Waals surface area (Å²) < 4.78 is 11.9. The van der Waals surface area contributed by atoms with E-state index in [1.807, 2.05) is 43.3 Å². The first-order chi connectivity index (χ1) is 15.5. The van der Waals surface area contributed by atoms with E-state index in [1.54, 1.807) is 19.3 Å². The van der Waals surface area contributed by atoms with Crippen molar-refractivity contribution in [3.8, 4) is 11.5 Å². The highest BCUT2D eigenvalue weighted by Gasteiger charge is 2.25. The summed E-state index contributed by atoms with van der Waals surface area (Å²) in [5.41, 5.74) is 3.45. The quantitative estimate of drug-likeness (QED) is 0.386. The molecule has 0 aromatic heterocycles. The van der Waals surface area contributed by atoms with Gasteiger partial charge in [-0.3, -0.25) is 0 Å². The van der Waals surface area contributed by atoms with E-state index in [0.29, 0.717) is 36.5 Å². The minimum Gasteiger partial charge on any atom is -0.496 e. The fourth-order valence-electron chi connectivity index (χ4n) is 3.73. The van der Waals surface area contributed by atoms with Gasteiger partial charge in [-0.15, -0.1) is 6.58 Å². The standard InChI is InChI=1S/C26H32N2O4/c1-18(2)9-12-22-23(31-3)15-20(11-10-19-7-5-4-6-8-19)24(26(29)30)25(22)32-17-21-16-27-13-14-28-21/h4-8,10-11,15,21,27-28H,1,9,12-14,16-17H2,2-3H3,(H,29,30). The molecule has 3 N–H and O–H groups in total. The zero-order valence-corrected chi connectivity index (χ0v) is 18.8. The average molecular weight is 437 g/mol. The minimum absolute atomic E-state index is 0.105. The van der Waals surface area contributed by atoms with Crippen molar-refractivity contribution in [1.82, 2.24) is 10.6 Å². The van der Waals surface area contributed by atoms with Gasteiger partial charge in [-0.25, -0.2) is 4.79 Å². The summed E-state index contributed by atoms with van der Waals surface area (Å²) in [6, 6.07) is 11.7. The van der Waals surface area contributed by atoms with E-state index >= 15 is 0 Å². The van der Waals surface area contributed by atoms with E-state index in [9.17, 15) is 9.90 Å². The van der Waals surface area contributed by atoms with Gasteiger partial charge in [-0.05, 0) is 37.0 Å². The molecule has 6 nitrogen and oxygen atoms in total. The number of benzene rings is 2. The first kappa shape index (κ1) is 23.6. The van der Waals surface area contributed by atoms with Crippen LogP contribution in [0.2, 0.25) is 0 Å². The van der Waals surface area contributed by atoms with E-state index in [4.69, 9.17) is 9.47 Å². The van der Waals surface area contributed by atoms with Crippen LogP contribution in [0.5, 0.6) is 11.5 Å². The third-order valence-corrected chi connectivity index (χ3v) is 5.42. The fourth-order valence-corrected chi connectivity index (χ4v) is 3.73. The van der Waals surface area contributed by atoms with Crippen LogP contribution in [0.3, 0.4) is 0 Å². The van der Waals surface area contributed by atoms with Gasteiger partial charge in [0.2, 0.25) is 0 Å². The Balaban J connectivity index is 2.04. The number of ether oxygens (including phenoxy) is 2. The number of allylic oxidation sites excluding steroid dienone is 1. The van der Waals surface area contributed by atoms with Crippen LogP contribution in [0.1, 0.15) is 40.4 Å². The Morgan fingerprint density at radius 1 is 1.25 bits per heavy atom. The van der Waals surface area contributed by atoms with Crippen molar-refractivity contribution in [3.63, 3.8) is 0 Å². The maximum atomic E-state index is 12.4. The summed E-state index contributed by atoms with van der Waals surface area (Å²) in [5.74, 6) is -0.0338. The molecule has 0 spiro atoms. The van der Waals surface area contributed by atoms with Gasteiger partial charge in [0.25, 0.3) is 0 Å². The van der Waals surface area contributed by atoms with Gasteiger partial charge in [-0.2, -0.15) is 0 Å². The first-order valence-electron chi connectivity index (χ1n) is 10.9. The van der Waals surface area contributed by atoms with Gasteiger partial charge in [-0.1, -0.05) is 48.1 Å². The number of aromatic carboxylic acids is 1. The molecular weight excluding hydrogens is 404 g/mol. The molecule has 0 aliphatic carbocycles. The van der Waals surface area contributed by atoms with Crippen molar-refractivity contribution < 1.29 is 19.4 Å². The lowest BCUT2D eigenvalue weighted by Crippen LogP contribution is -2.51. The summed E-state index contributed by atoms with van der Waals surface area (Å²) in [4.78, 5) is 12.4. The van der Waals surface area contributed by atoms with Crippen molar-refractivity contribution in [2.24, 2.45) is 0 Å². The summed E-state index contributed by atoms with van der Waals surface area (Å²) in [5, 5.41) is 16.9. The van der Waals surface area contributed by atoms with E-state index < -0.39 is 5.97 Å². The molecule has 0 amide bonds. The molecule has 0 saturated carbocycles. The Morgan fingerprint density at radius 2 is 2.03 bits per heavy atom. The maximum Gasteiger partial charge on any atom is 0.340 e. The lowest BCUT2D eigenvalue weighted by Gasteiger charge is -2.26. The molecule has 1 aliphatic rings. The highest BCUT2D eigenvalue weighted by atomic mass is 16.5. The van der Waals surface area contributed by atoms with Crippen LogP contribution in [0, 0.1) is 0 Å². The van der Waals surface area contributed by atoms with Crippen LogP contribution in [-0.4, -0.2) is 50.5 Å². The number of carboxylic acids is 1. The third-order valence-electron chi connectivity index (χ3n) is 5.42. The molecule has 2 aromatic rings. The SMILES string of the molecule is C=C(C)CCc1c(OC)cc(C=Cc2ccccc2)c(C(=O)O)c1OCC1CNCCN1. The molecule has 32 heavy (non-hydrogen) atoms. The predicted octanol–water partition coefficient (Wildman–Crippen LogP) is 4.01. The fraction of sp³-hybridized carbons (Fsp3) is 0.346. The van der Waals surface area contributed by atoms with Crippen molar-refractivity contribution in [2.45, 2.75) is 25.8 Å². The number of methoxy groups -OCH3 is 1. The molecule has 2 aromatic carbocycles. The summed E-state index contributed by atoms with van der Waals surface area (Å²) >= 11 is 0. The van der Waals surface area contributed by atoms with Crippen LogP contribution < -0.4 is 20.1 Å². The van der Waals surface area contributed by atoms with Gasteiger partial charge in [0.05, 0.1) is 13.2 Å². The Bertz CT molecular complexity index is 964. The Morgan fingerprint density at radius 3 is 2.66 bits per heavy atom. The predicted molar refractivity (Wildman–Crippen MR) is 129 cm³/mol. The smallest absolute Gasteiger partial charge is 0.340 e. The van der Waals surface area contributed by atoms with Gasteiger partial charge in [0.1, 0.15) is 23.7 Å². The van der Waals surface area contributed by atoms with Crippen LogP contribution in [-0.2, 0) is 6.42 Å². The number of hydrogen-bond acceptors (Lipinski definition) is 5. The highest BCUT2D eigenvalue weighted by molar-refractivity contribution is 5.97. The van der Waals surface area contributed by atoms with Crippen molar-refractivity contribution >= 4 is 18.1 Å². The number of piperazine rings is 1. The van der Waals surface area contributed by atoms with Crippen molar-refractivity contribution in [1.29, 1.82) is 0 Å². The van der Waals surface area contributed by atoms with Gasteiger partial charge < -0.3 is 25.2 Å². The van der Waals surface area contributed by atoms with Gasteiger partial charge in [0.15, 0.2) is 0 Å². The van der Waals surface area contributed by atoms with Crippen LogP contribution in [0.25, 0.3) is 12.2 Å². The zero-order chi connectivity index (χ0) is 22.9. The number of carboxylic acid groups (broad SMARTS) is 1. The highest BCUT2D eigenvalue weighted by Crippen LogP contribution is 2.38. The van der Waals surface area contributed by atoms with Crippen LogP contribution in [0.15, 0.2) is 48.6 Å². The monoisotopic (exact) mass is 436 g/mol. The number of hydrogen-bond donors (Lipinski definition) is 3. The second-order valence-corrected chi connectivity index (χ2v) is 8.02. The molecule has 170 valence electrons. The van der Waals surface area contributed by atoms with Crippen LogP contribution in [0.4, 0.5) is 0 Å². The molecule has 1 heterocycles. The average Bonchev–Trinajstić information content (AvgIpc) is 2.80. The summed E-state index contributed by atoms with van der Waals surface area (Å²) in [6.45, 7) is 8.84. The molecule has 1 fully saturated rings. The van der Waals surface area contributed by atoms with Gasteiger partial charge >= 0.3 is 5.97 Å². The topological polar surface area (TPSA) is 79.8 Å². The van der Waals surface area contributed by atoms with Crippen molar-refractivity contribution in [3.05, 3.63) is 70.8 Å². The molecule has 0 radical (unpaired) electrons. The van der Waals surface area contributed by atoms with Crippen molar-refractivity contribution in [2.75, 3.05) is 33.4 Å². The Hall–Kier alpha value is -3.09. The Labute approximate surface area is 189 Å². The zero-order valence-electron chi connectivity index (χ0n) is 18.8. The van der Waals surface area contributed by atoms with Gasteiger partial charge in [0, 0.05) is 25.2 Å². The van der Waals surface area contributed by atoms with E-state index in [1.165, 1.54) is 0 Å². The number of carbonyl (C=O) groups is 1. The van der Waals surface area contributed by atoms with E-state index in [-0.39, 0.29) is 11.6 Å². The number of nitrogens with one attached hydrogen (secondary N) is 2. The lowest BCUT2D eigenvalue weighted by molar-refractivity contribution is 0.0691. The molecule has 1 saturated heterocycles. The second-order valence-electron chi connectivity index (χ2n) is 8.02. The normalized spacial score (nSPS) is 16.1. The second kappa shape index (κ2) is 11.5. The maximum absolute atomic E-state index is 12.4. The summed E-state index contributed by atoms with van der Waals surface area (Å²) in [7, 11) is 1.60. The van der Waals surface area contributed by atoms with E-state index in [0.717, 1.165) is 36.3 Å². The largest absolute Gasteiger partial charge is 0.496 e. The molecule has 1 aliphatic heterocycles. The first-order valence-corrected chi connectivity index (χ1v) is 10.9. The minimum atomic E-state index is -1.03. The molecule has 6 heteroatoms. The Kier molecular flexibility index (Phi) is 8.48. The lowest BCUT2D eigenvalue weighted by atomic mass is 9.96. The summed E-state index contributed by atoms with van der Waals surface area (Å²) in [6.07, 6.45) is 5.00. The van der Waals surface area contributed by atoms with Crippen LogP contribution >= 0.6 is 0 Å². The molecule has 1 atom stereocenters. The number of rotatable bonds is 10. The molecular formula is C26H32N2O4. The molecule has 3 rings (SSSR count).